The van der Waals surface area contributed by atoms with Crippen LogP contribution in [0.1, 0.15) is 26.7 Å². The quantitative estimate of drug-likeness (QED) is 0.806. The predicted octanol–water partition coefficient (Wildman–Crippen LogP) is 2.78. The maximum Gasteiger partial charge on any atom is 0.167 e. The van der Waals surface area contributed by atoms with Crippen molar-refractivity contribution >= 4 is 11.4 Å². The Hall–Kier alpha value is -1.49. The molecule has 0 spiro atoms. The SMILES string of the molecule is COC1CC(Nc2cc(OC(C)C)c(F)cc2N)C1. The van der Waals surface area contributed by atoms with Gasteiger partial charge in [0.05, 0.1) is 23.6 Å². The van der Waals surface area contributed by atoms with Crippen molar-refractivity contribution < 1.29 is 13.9 Å². The predicted molar refractivity (Wildman–Crippen MR) is 74.0 cm³/mol. The molecule has 0 aromatic heterocycles. The molecule has 19 heavy (non-hydrogen) atoms. The van der Waals surface area contributed by atoms with Gasteiger partial charge in [-0.15, -0.1) is 0 Å². The second kappa shape index (κ2) is 5.65. The molecule has 2 rings (SSSR count). The highest BCUT2D eigenvalue weighted by atomic mass is 19.1. The van der Waals surface area contributed by atoms with Crippen molar-refractivity contribution in [2.75, 3.05) is 18.2 Å². The summed E-state index contributed by atoms with van der Waals surface area (Å²) in [5, 5.41) is 3.30. The molecule has 1 saturated carbocycles. The van der Waals surface area contributed by atoms with Crippen molar-refractivity contribution in [1.29, 1.82) is 0 Å². The third-order valence-electron chi connectivity index (χ3n) is 3.25. The second-order valence-corrected chi connectivity index (χ2v) is 5.21. The van der Waals surface area contributed by atoms with Crippen molar-refractivity contribution in [3.8, 4) is 5.75 Å². The minimum Gasteiger partial charge on any atom is -0.488 e. The van der Waals surface area contributed by atoms with Crippen molar-refractivity contribution in [1.82, 2.24) is 0 Å². The third-order valence-corrected chi connectivity index (χ3v) is 3.25. The number of methoxy groups -OCH3 is 1. The van der Waals surface area contributed by atoms with Crippen molar-refractivity contribution in [3.05, 3.63) is 17.9 Å². The van der Waals surface area contributed by atoms with E-state index >= 15 is 0 Å². The zero-order chi connectivity index (χ0) is 14.0. The van der Waals surface area contributed by atoms with Gasteiger partial charge in [0.25, 0.3) is 0 Å². The molecule has 0 bridgehead atoms. The summed E-state index contributed by atoms with van der Waals surface area (Å²) in [6.45, 7) is 3.72. The molecule has 1 fully saturated rings. The number of hydrogen-bond acceptors (Lipinski definition) is 4. The third kappa shape index (κ3) is 3.29. The average molecular weight is 268 g/mol. The van der Waals surface area contributed by atoms with Gasteiger partial charge in [-0.05, 0) is 26.7 Å². The van der Waals surface area contributed by atoms with E-state index in [-0.39, 0.29) is 11.9 Å². The maximum absolute atomic E-state index is 13.7. The molecule has 1 aromatic rings. The Morgan fingerprint density at radius 3 is 2.63 bits per heavy atom. The summed E-state index contributed by atoms with van der Waals surface area (Å²) in [7, 11) is 1.71. The summed E-state index contributed by atoms with van der Waals surface area (Å²) in [6, 6.07) is 3.25. The number of rotatable bonds is 5. The molecule has 0 aliphatic heterocycles. The monoisotopic (exact) mass is 268 g/mol. The molecule has 106 valence electrons. The lowest BCUT2D eigenvalue weighted by molar-refractivity contribution is 0.0329. The lowest BCUT2D eigenvalue weighted by Gasteiger charge is -2.35. The molecule has 4 nitrogen and oxygen atoms in total. The summed E-state index contributed by atoms with van der Waals surface area (Å²) < 4.78 is 24.3. The Morgan fingerprint density at radius 1 is 1.37 bits per heavy atom. The lowest BCUT2D eigenvalue weighted by Crippen LogP contribution is -2.40. The molecule has 0 unspecified atom stereocenters. The van der Waals surface area contributed by atoms with Crippen LogP contribution in [0.2, 0.25) is 0 Å². The highest BCUT2D eigenvalue weighted by Gasteiger charge is 2.29. The van der Waals surface area contributed by atoms with Gasteiger partial charge in [0, 0.05) is 25.3 Å². The van der Waals surface area contributed by atoms with Crippen LogP contribution in [0.25, 0.3) is 0 Å². The molecule has 5 heteroatoms. The number of ether oxygens (including phenoxy) is 2. The molecular formula is C14H21FN2O2. The Morgan fingerprint density at radius 2 is 2.05 bits per heavy atom. The van der Waals surface area contributed by atoms with Gasteiger partial charge in [-0.1, -0.05) is 0 Å². The van der Waals surface area contributed by atoms with Crippen LogP contribution in [0, 0.1) is 5.82 Å². The zero-order valence-corrected chi connectivity index (χ0v) is 11.6. The average Bonchev–Trinajstić information content (AvgIpc) is 2.27. The fourth-order valence-corrected chi connectivity index (χ4v) is 2.13. The van der Waals surface area contributed by atoms with Crippen LogP contribution in [0.5, 0.6) is 5.75 Å². The second-order valence-electron chi connectivity index (χ2n) is 5.21. The van der Waals surface area contributed by atoms with Gasteiger partial charge in [-0.3, -0.25) is 0 Å². The molecular weight excluding hydrogens is 247 g/mol. The molecule has 0 heterocycles. The van der Waals surface area contributed by atoms with Crippen LogP contribution < -0.4 is 15.8 Å². The standard InChI is InChI=1S/C14H21FN2O2/c1-8(2)19-14-7-13(12(16)6-11(14)15)17-9-4-10(5-9)18-3/h6-10,17H,4-5,16H2,1-3H3. The van der Waals surface area contributed by atoms with Gasteiger partial charge in [0.2, 0.25) is 0 Å². The first-order valence-electron chi connectivity index (χ1n) is 6.54. The van der Waals surface area contributed by atoms with Gasteiger partial charge in [0.15, 0.2) is 11.6 Å². The topological polar surface area (TPSA) is 56.5 Å². The van der Waals surface area contributed by atoms with Crippen molar-refractivity contribution in [3.63, 3.8) is 0 Å². The molecule has 0 radical (unpaired) electrons. The molecule has 0 saturated heterocycles. The number of hydrogen-bond donors (Lipinski definition) is 2. The van der Waals surface area contributed by atoms with Crippen LogP contribution in [0.4, 0.5) is 15.8 Å². The van der Waals surface area contributed by atoms with Gasteiger partial charge in [0.1, 0.15) is 0 Å². The number of anilines is 2. The number of nitrogens with two attached hydrogens (primary N) is 1. The lowest BCUT2D eigenvalue weighted by atomic mass is 9.89. The molecule has 0 amide bonds. The summed E-state index contributed by atoms with van der Waals surface area (Å²) >= 11 is 0. The number of halogens is 1. The summed E-state index contributed by atoms with van der Waals surface area (Å²) in [6.07, 6.45) is 2.11. The van der Waals surface area contributed by atoms with E-state index < -0.39 is 5.82 Å². The van der Waals surface area contributed by atoms with Gasteiger partial charge >= 0.3 is 0 Å². The largest absolute Gasteiger partial charge is 0.488 e. The number of nitrogens with one attached hydrogen (secondary N) is 1. The maximum atomic E-state index is 13.7. The van der Waals surface area contributed by atoms with E-state index in [0.717, 1.165) is 18.5 Å². The number of benzene rings is 1. The normalized spacial score (nSPS) is 22.2. The Kier molecular flexibility index (Phi) is 4.14. The molecule has 3 N–H and O–H groups in total. The molecule has 0 atom stereocenters. The van der Waals surface area contributed by atoms with Crippen LogP contribution >= 0.6 is 0 Å². The summed E-state index contributed by atoms with van der Waals surface area (Å²) in [4.78, 5) is 0. The van der Waals surface area contributed by atoms with Gasteiger partial charge in [-0.25, -0.2) is 4.39 Å². The smallest absolute Gasteiger partial charge is 0.167 e. The van der Waals surface area contributed by atoms with E-state index in [1.165, 1.54) is 6.07 Å². The first-order valence-corrected chi connectivity index (χ1v) is 6.54. The highest BCUT2D eigenvalue weighted by Crippen LogP contribution is 2.33. The summed E-state index contributed by atoms with van der Waals surface area (Å²) in [5.41, 5.74) is 6.94. The van der Waals surface area contributed by atoms with Crippen molar-refractivity contribution in [2.24, 2.45) is 0 Å². The van der Waals surface area contributed by atoms with E-state index in [9.17, 15) is 4.39 Å². The van der Waals surface area contributed by atoms with Crippen LogP contribution in [0.15, 0.2) is 12.1 Å². The van der Waals surface area contributed by atoms with Crippen LogP contribution in [-0.2, 0) is 4.74 Å². The van der Waals surface area contributed by atoms with Crippen LogP contribution in [-0.4, -0.2) is 25.4 Å². The first kappa shape index (κ1) is 13.9. The minimum atomic E-state index is -0.430. The Labute approximate surface area is 113 Å². The number of nitrogen functional groups attached to an aromatic ring is 1. The highest BCUT2D eigenvalue weighted by molar-refractivity contribution is 5.69. The molecule has 1 aliphatic carbocycles. The fourth-order valence-electron chi connectivity index (χ4n) is 2.13. The van der Waals surface area contributed by atoms with Gasteiger partial charge < -0.3 is 20.5 Å². The van der Waals surface area contributed by atoms with E-state index in [1.54, 1.807) is 13.2 Å². The molecule has 1 aliphatic rings. The molecule has 1 aromatic carbocycles. The zero-order valence-electron chi connectivity index (χ0n) is 11.6. The van der Waals surface area contributed by atoms with Crippen molar-refractivity contribution in [2.45, 2.75) is 44.9 Å². The summed E-state index contributed by atoms with van der Waals surface area (Å²) in [5.74, 6) is -0.200. The van der Waals surface area contributed by atoms with Gasteiger partial charge in [-0.2, -0.15) is 0 Å². The Bertz CT molecular complexity index is 445. The van der Waals surface area contributed by atoms with E-state index in [4.69, 9.17) is 15.2 Å². The fraction of sp³-hybridized carbons (Fsp3) is 0.571. The van der Waals surface area contributed by atoms with E-state index in [0.29, 0.717) is 17.8 Å². The first-order chi connectivity index (χ1) is 8.99. The van der Waals surface area contributed by atoms with E-state index in [1.807, 2.05) is 13.8 Å². The van der Waals surface area contributed by atoms with Crippen LogP contribution in [0.3, 0.4) is 0 Å². The van der Waals surface area contributed by atoms with E-state index in [2.05, 4.69) is 5.32 Å². The Balaban J connectivity index is 2.07. The minimum absolute atomic E-state index is 0.0763.